The van der Waals surface area contributed by atoms with Gasteiger partial charge in [-0.3, -0.25) is 4.98 Å². The summed E-state index contributed by atoms with van der Waals surface area (Å²) in [4.78, 5) is 32.2. The van der Waals surface area contributed by atoms with E-state index in [0.717, 1.165) is 0 Å². The number of aryl methyl sites for hydroxylation is 1. The van der Waals surface area contributed by atoms with Crippen molar-refractivity contribution < 1.29 is 23.5 Å². The fourth-order valence-corrected chi connectivity index (χ4v) is 2.31. The Morgan fingerprint density at radius 1 is 1.08 bits per heavy atom. The molecule has 0 saturated heterocycles. The summed E-state index contributed by atoms with van der Waals surface area (Å²) in [6.07, 6.45) is 2.82. The molecule has 25 heavy (non-hydrogen) atoms. The molecule has 0 fully saturated rings. The van der Waals surface area contributed by atoms with Crippen LogP contribution in [0.5, 0.6) is 0 Å². The van der Waals surface area contributed by atoms with E-state index in [2.05, 4.69) is 9.97 Å². The molecule has 1 aromatic carbocycles. The summed E-state index contributed by atoms with van der Waals surface area (Å²) < 4.78 is 15.9. The first-order chi connectivity index (χ1) is 12.1. The minimum atomic E-state index is -0.632. The van der Waals surface area contributed by atoms with Crippen LogP contribution in [-0.4, -0.2) is 28.5 Å². The van der Waals surface area contributed by atoms with Crippen molar-refractivity contribution in [1.29, 1.82) is 0 Å². The Morgan fingerprint density at radius 3 is 2.60 bits per heavy atom. The van der Waals surface area contributed by atoms with Gasteiger partial charge in [0, 0.05) is 11.6 Å². The van der Waals surface area contributed by atoms with Crippen molar-refractivity contribution in [2.75, 3.05) is 6.61 Å². The maximum atomic E-state index is 12.1. The summed E-state index contributed by atoms with van der Waals surface area (Å²) in [5.74, 6) is -1.20. The molecular formula is C18H16N2O5. The van der Waals surface area contributed by atoms with Crippen molar-refractivity contribution in [3.8, 4) is 0 Å². The summed E-state index contributed by atoms with van der Waals surface area (Å²) in [5.41, 5.74) is 1.77. The van der Waals surface area contributed by atoms with Crippen LogP contribution < -0.4 is 0 Å². The summed E-state index contributed by atoms with van der Waals surface area (Å²) in [5, 5.41) is 0.688. The van der Waals surface area contributed by atoms with Crippen molar-refractivity contribution in [2.45, 2.75) is 20.5 Å². The molecule has 128 valence electrons. The van der Waals surface area contributed by atoms with Gasteiger partial charge in [0.25, 0.3) is 0 Å². The number of esters is 2. The van der Waals surface area contributed by atoms with Crippen molar-refractivity contribution in [3.63, 3.8) is 0 Å². The van der Waals surface area contributed by atoms with Gasteiger partial charge in [-0.25, -0.2) is 14.6 Å². The molecule has 0 unspecified atom stereocenters. The summed E-state index contributed by atoms with van der Waals surface area (Å²) >= 11 is 0. The van der Waals surface area contributed by atoms with Gasteiger partial charge < -0.3 is 13.9 Å². The molecule has 0 amide bonds. The number of furan rings is 1. The van der Waals surface area contributed by atoms with Crippen LogP contribution in [0.2, 0.25) is 0 Å². The highest BCUT2D eigenvalue weighted by Crippen LogP contribution is 2.27. The smallest absolute Gasteiger partial charge is 0.374 e. The largest absolute Gasteiger partial charge is 0.460 e. The number of carbonyl (C=O) groups is 2. The summed E-state index contributed by atoms with van der Waals surface area (Å²) in [7, 11) is 0. The number of benzene rings is 1. The molecular weight excluding hydrogens is 324 g/mol. The van der Waals surface area contributed by atoms with E-state index >= 15 is 0 Å². The molecule has 2 aromatic heterocycles. The molecule has 7 heteroatoms. The highest BCUT2D eigenvalue weighted by Gasteiger charge is 2.23. The van der Waals surface area contributed by atoms with Crippen molar-refractivity contribution >= 4 is 22.9 Å². The van der Waals surface area contributed by atoms with Gasteiger partial charge in [0.1, 0.15) is 12.2 Å². The maximum Gasteiger partial charge on any atom is 0.374 e. The van der Waals surface area contributed by atoms with Gasteiger partial charge in [0.15, 0.2) is 5.69 Å². The standard InChI is InChI=1S/C18H16N2O5/c1-3-23-18(22)16-13(12-6-4-5-7-15(12)25-16)10-24-17(21)14-9-19-11(2)8-20-14/h4-9H,3,10H2,1-2H3. The number of fused-ring (bicyclic) bond motifs is 1. The minimum Gasteiger partial charge on any atom is -0.460 e. The van der Waals surface area contributed by atoms with Gasteiger partial charge in [0.05, 0.1) is 24.1 Å². The molecule has 0 bridgehead atoms. The van der Waals surface area contributed by atoms with Crippen LogP contribution in [-0.2, 0) is 16.1 Å². The molecule has 0 spiro atoms. The first kappa shape index (κ1) is 16.6. The zero-order chi connectivity index (χ0) is 17.8. The highest BCUT2D eigenvalue weighted by molar-refractivity contribution is 5.96. The number of aromatic nitrogens is 2. The Kier molecular flexibility index (Phi) is 4.74. The molecule has 2 heterocycles. The molecule has 0 radical (unpaired) electrons. The molecule has 0 aliphatic rings. The fraction of sp³-hybridized carbons (Fsp3) is 0.222. The third kappa shape index (κ3) is 3.50. The van der Waals surface area contributed by atoms with Crippen molar-refractivity contribution in [1.82, 2.24) is 9.97 Å². The van der Waals surface area contributed by atoms with E-state index in [9.17, 15) is 9.59 Å². The van der Waals surface area contributed by atoms with E-state index in [1.807, 2.05) is 6.07 Å². The number of hydrogen-bond acceptors (Lipinski definition) is 7. The molecule has 7 nitrogen and oxygen atoms in total. The number of rotatable bonds is 5. The lowest BCUT2D eigenvalue weighted by molar-refractivity contribution is 0.0431. The number of para-hydroxylation sites is 1. The van der Waals surface area contributed by atoms with Gasteiger partial charge >= 0.3 is 11.9 Å². The van der Waals surface area contributed by atoms with Gasteiger partial charge in [-0.1, -0.05) is 18.2 Å². The average Bonchev–Trinajstić information content (AvgIpc) is 2.99. The number of hydrogen-bond donors (Lipinski definition) is 0. The Labute approximate surface area is 143 Å². The normalized spacial score (nSPS) is 10.6. The summed E-state index contributed by atoms with van der Waals surface area (Å²) in [6.45, 7) is 3.55. The molecule has 0 aliphatic heterocycles. The van der Waals surface area contributed by atoms with Crippen molar-refractivity contribution in [2.24, 2.45) is 0 Å². The third-order valence-electron chi connectivity index (χ3n) is 3.50. The SMILES string of the molecule is CCOC(=O)c1oc2ccccc2c1COC(=O)c1cnc(C)cn1. The second-order valence-electron chi connectivity index (χ2n) is 5.25. The Balaban J connectivity index is 1.86. The van der Waals surface area contributed by atoms with Gasteiger partial charge in [-0.05, 0) is 19.9 Å². The highest BCUT2D eigenvalue weighted by atomic mass is 16.5. The first-order valence-electron chi connectivity index (χ1n) is 7.73. The van der Waals surface area contributed by atoms with Crippen molar-refractivity contribution in [3.05, 3.63) is 59.4 Å². The van der Waals surface area contributed by atoms with Crippen LogP contribution in [0.25, 0.3) is 11.0 Å². The van der Waals surface area contributed by atoms with E-state index in [1.54, 1.807) is 32.0 Å². The van der Waals surface area contributed by atoms with E-state index in [0.29, 0.717) is 22.2 Å². The average molecular weight is 340 g/mol. The van der Waals surface area contributed by atoms with Gasteiger partial charge in [-0.15, -0.1) is 0 Å². The van der Waals surface area contributed by atoms with E-state index < -0.39 is 11.9 Å². The molecule has 3 rings (SSSR count). The fourth-order valence-electron chi connectivity index (χ4n) is 2.31. The predicted octanol–water partition coefficient (Wildman–Crippen LogP) is 3.06. The Morgan fingerprint density at radius 2 is 1.88 bits per heavy atom. The van der Waals surface area contributed by atoms with Crippen LogP contribution in [0, 0.1) is 6.92 Å². The lowest BCUT2D eigenvalue weighted by Crippen LogP contribution is -2.11. The minimum absolute atomic E-state index is 0.0332. The number of carbonyl (C=O) groups excluding carboxylic acids is 2. The summed E-state index contributed by atoms with van der Waals surface area (Å²) in [6, 6.07) is 7.12. The van der Waals surface area contributed by atoms with Gasteiger partial charge in [0.2, 0.25) is 5.76 Å². The predicted molar refractivity (Wildman–Crippen MR) is 88.1 cm³/mol. The van der Waals surface area contributed by atoms with Crippen LogP contribution in [0.1, 0.15) is 39.2 Å². The van der Waals surface area contributed by atoms with E-state index in [-0.39, 0.29) is 24.7 Å². The van der Waals surface area contributed by atoms with Crippen LogP contribution >= 0.6 is 0 Å². The lowest BCUT2D eigenvalue weighted by atomic mass is 10.1. The second-order valence-corrected chi connectivity index (χ2v) is 5.25. The second kappa shape index (κ2) is 7.12. The molecule has 3 aromatic rings. The van der Waals surface area contributed by atoms with Gasteiger partial charge in [-0.2, -0.15) is 0 Å². The van der Waals surface area contributed by atoms with E-state index in [1.165, 1.54) is 12.4 Å². The van der Waals surface area contributed by atoms with Crippen LogP contribution in [0.4, 0.5) is 0 Å². The zero-order valence-electron chi connectivity index (χ0n) is 13.8. The first-order valence-corrected chi connectivity index (χ1v) is 7.73. The Bertz CT molecular complexity index is 915. The number of nitrogens with zero attached hydrogens (tertiary/aromatic N) is 2. The molecule has 0 N–H and O–H groups in total. The lowest BCUT2D eigenvalue weighted by Gasteiger charge is -2.05. The third-order valence-corrected chi connectivity index (χ3v) is 3.50. The van der Waals surface area contributed by atoms with Crippen LogP contribution in [0.3, 0.4) is 0 Å². The number of ether oxygens (including phenoxy) is 2. The molecule has 0 atom stereocenters. The quantitative estimate of drug-likeness (QED) is 0.659. The molecule has 0 saturated carbocycles. The Hall–Kier alpha value is -3.22. The zero-order valence-corrected chi connectivity index (χ0v) is 13.8. The van der Waals surface area contributed by atoms with Crippen LogP contribution in [0.15, 0.2) is 41.1 Å². The topological polar surface area (TPSA) is 91.5 Å². The maximum absolute atomic E-state index is 12.1. The van der Waals surface area contributed by atoms with E-state index in [4.69, 9.17) is 13.9 Å². The monoisotopic (exact) mass is 340 g/mol. The molecule has 0 aliphatic carbocycles.